The Labute approximate surface area is 126 Å². The lowest BCUT2D eigenvalue weighted by atomic mass is 9.84. The predicted octanol–water partition coefficient (Wildman–Crippen LogP) is 2.32. The monoisotopic (exact) mass is 294 g/mol. The summed E-state index contributed by atoms with van der Waals surface area (Å²) in [6.07, 6.45) is 7.06. The van der Waals surface area contributed by atoms with Crippen molar-refractivity contribution in [1.29, 1.82) is 0 Å². The van der Waals surface area contributed by atoms with E-state index in [9.17, 15) is 14.7 Å². The zero-order valence-electron chi connectivity index (χ0n) is 12.8. The van der Waals surface area contributed by atoms with Crippen LogP contribution in [0.5, 0.6) is 0 Å². The molecular weight excluding hydrogens is 268 g/mol. The number of carboxylic acid groups (broad SMARTS) is 1. The van der Waals surface area contributed by atoms with Crippen LogP contribution in [-0.4, -0.2) is 41.6 Å². The molecule has 3 rings (SSSR count). The number of urea groups is 1. The van der Waals surface area contributed by atoms with Crippen LogP contribution >= 0.6 is 0 Å². The fourth-order valence-corrected chi connectivity index (χ4v) is 4.63. The van der Waals surface area contributed by atoms with Gasteiger partial charge in [-0.2, -0.15) is 0 Å². The summed E-state index contributed by atoms with van der Waals surface area (Å²) >= 11 is 0. The molecule has 2 unspecified atom stereocenters. The van der Waals surface area contributed by atoms with Gasteiger partial charge in [0, 0.05) is 19.6 Å². The van der Waals surface area contributed by atoms with Gasteiger partial charge in [0.25, 0.3) is 0 Å². The molecule has 5 heteroatoms. The minimum absolute atomic E-state index is 0.0717. The smallest absolute Gasteiger partial charge is 0.317 e. The van der Waals surface area contributed by atoms with Crippen LogP contribution in [0.2, 0.25) is 0 Å². The van der Waals surface area contributed by atoms with E-state index in [1.165, 1.54) is 32.1 Å². The van der Waals surface area contributed by atoms with Crippen molar-refractivity contribution in [1.82, 2.24) is 10.2 Å². The van der Waals surface area contributed by atoms with Crippen molar-refractivity contribution in [3.05, 3.63) is 0 Å². The van der Waals surface area contributed by atoms with Crippen molar-refractivity contribution in [3.8, 4) is 0 Å². The summed E-state index contributed by atoms with van der Waals surface area (Å²) in [6.45, 7) is 3.81. The lowest BCUT2D eigenvalue weighted by Crippen LogP contribution is -2.51. The van der Waals surface area contributed by atoms with E-state index < -0.39 is 11.9 Å². The molecule has 3 aliphatic rings. The number of amides is 2. The number of aliphatic carboxylic acids is 1. The highest BCUT2D eigenvalue weighted by Gasteiger charge is 2.45. The average Bonchev–Trinajstić information content (AvgIpc) is 3.05. The highest BCUT2D eigenvalue weighted by atomic mass is 16.4. The third-order valence-electron chi connectivity index (χ3n) is 5.80. The number of hydrogen-bond donors (Lipinski definition) is 2. The Kier molecular flexibility index (Phi) is 3.84. The van der Waals surface area contributed by atoms with Gasteiger partial charge in [-0.3, -0.25) is 4.79 Å². The maximum absolute atomic E-state index is 12.4. The lowest BCUT2D eigenvalue weighted by molar-refractivity contribution is -0.143. The van der Waals surface area contributed by atoms with Crippen LogP contribution in [0.4, 0.5) is 4.79 Å². The standard InChI is InChI=1S/C16H26N2O3/c1-11-6-13(14(19)20)9-18(8-11)15(21)17-10-16-4-2-12(7-16)3-5-16/h11-13H,2-10H2,1H3,(H,17,21)(H,19,20). The largest absolute Gasteiger partial charge is 0.481 e. The van der Waals surface area contributed by atoms with Gasteiger partial charge in [0.05, 0.1) is 5.92 Å². The number of hydrogen-bond acceptors (Lipinski definition) is 2. The molecule has 0 spiro atoms. The topological polar surface area (TPSA) is 69.6 Å². The Morgan fingerprint density at radius 1 is 1.29 bits per heavy atom. The van der Waals surface area contributed by atoms with Crippen LogP contribution < -0.4 is 5.32 Å². The van der Waals surface area contributed by atoms with Gasteiger partial charge < -0.3 is 15.3 Å². The van der Waals surface area contributed by atoms with E-state index in [0.29, 0.717) is 24.9 Å². The molecule has 2 saturated carbocycles. The first-order valence-electron chi connectivity index (χ1n) is 8.23. The lowest BCUT2D eigenvalue weighted by Gasteiger charge is -2.36. The van der Waals surface area contributed by atoms with Crippen molar-refractivity contribution >= 4 is 12.0 Å². The summed E-state index contributed by atoms with van der Waals surface area (Å²) in [5.74, 6) is -0.0632. The molecule has 1 heterocycles. The van der Waals surface area contributed by atoms with Crippen LogP contribution in [0, 0.1) is 23.2 Å². The summed E-state index contributed by atoms with van der Waals surface area (Å²) in [5, 5.41) is 12.3. The average molecular weight is 294 g/mol. The van der Waals surface area contributed by atoms with Gasteiger partial charge in [0.15, 0.2) is 0 Å². The first-order chi connectivity index (χ1) is 9.97. The number of carboxylic acids is 1. The fraction of sp³-hybridized carbons (Fsp3) is 0.875. The van der Waals surface area contributed by atoms with Crippen molar-refractivity contribution < 1.29 is 14.7 Å². The zero-order chi connectivity index (χ0) is 15.0. The van der Waals surface area contributed by atoms with Crippen LogP contribution in [0.15, 0.2) is 0 Å². The Morgan fingerprint density at radius 3 is 2.57 bits per heavy atom. The molecule has 0 aromatic rings. The van der Waals surface area contributed by atoms with Gasteiger partial charge in [-0.25, -0.2) is 4.79 Å². The van der Waals surface area contributed by atoms with Crippen LogP contribution in [0.25, 0.3) is 0 Å². The van der Waals surface area contributed by atoms with E-state index in [0.717, 1.165) is 12.5 Å². The molecule has 1 saturated heterocycles. The van der Waals surface area contributed by atoms with Crippen LogP contribution in [0.1, 0.15) is 45.4 Å². The van der Waals surface area contributed by atoms with Gasteiger partial charge in [-0.05, 0) is 55.8 Å². The fourth-order valence-electron chi connectivity index (χ4n) is 4.63. The van der Waals surface area contributed by atoms with E-state index in [1.54, 1.807) is 4.90 Å². The summed E-state index contributed by atoms with van der Waals surface area (Å²) in [5.41, 5.74) is 0.341. The third-order valence-corrected chi connectivity index (χ3v) is 5.80. The number of rotatable bonds is 3. The van der Waals surface area contributed by atoms with E-state index in [4.69, 9.17) is 0 Å². The van der Waals surface area contributed by atoms with Crippen molar-refractivity contribution in [2.75, 3.05) is 19.6 Å². The van der Waals surface area contributed by atoms with E-state index in [1.807, 2.05) is 6.92 Å². The SMILES string of the molecule is CC1CC(C(=O)O)CN(C(=O)NCC23CCC(CC2)C3)C1. The zero-order valence-corrected chi connectivity index (χ0v) is 12.8. The number of carbonyl (C=O) groups is 2. The third kappa shape index (κ3) is 3.01. The van der Waals surface area contributed by atoms with Crippen molar-refractivity contribution in [3.63, 3.8) is 0 Å². The summed E-state index contributed by atoms with van der Waals surface area (Å²) < 4.78 is 0. The molecule has 2 bridgehead atoms. The highest BCUT2D eigenvalue weighted by Crippen LogP contribution is 2.53. The Hall–Kier alpha value is -1.26. The molecule has 2 aliphatic carbocycles. The van der Waals surface area contributed by atoms with Crippen LogP contribution in [-0.2, 0) is 4.79 Å². The van der Waals surface area contributed by atoms with E-state index in [-0.39, 0.29) is 11.9 Å². The van der Waals surface area contributed by atoms with Gasteiger partial charge in [0.1, 0.15) is 0 Å². The van der Waals surface area contributed by atoms with Gasteiger partial charge in [-0.1, -0.05) is 6.92 Å². The summed E-state index contributed by atoms with van der Waals surface area (Å²) in [7, 11) is 0. The number of nitrogens with one attached hydrogen (secondary N) is 1. The molecule has 118 valence electrons. The molecule has 0 radical (unpaired) electrons. The quantitative estimate of drug-likeness (QED) is 0.839. The second kappa shape index (κ2) is 5.50. The number of piperidine rings is 1. The predicted molar refractivity (Wildman–Crippen MR) is 78.9 cm³/mol. The molecule has 0 aromatic carbocycles. The van der Waals surface area contributed by atoms with Gasteiger partial charge in [0.2, 0.25) is 0 Å². The number of nitrogens with zero attached hydrogens (tertiary/aromatic N) is 1. The van der Waals surface area contributed by atoms with Crippen LogP contribution in [0.3, 0.4) is 0 Å². The number of carbonyl (C=O) groups excluding carboxylic acids is 1. The molecular formula is C16H26N2O3. The normalized spacial score (nSPS) is 38.5. The Morgan fingerprint density at radius 2 is 2.00 bits per heavy atom. The Bertz CT molecular complexity index is 429. The highest BCUT2D eigenvalue weighted by molar-refractivity contribution is 5.76. The molecule has 21 heavy (non-hydrogen) atoms. The minimum Gasteiger partial charge on any atom is -0.481 e. The second-order valence-corrected chi connectivity index (χ2v) is 7.59. The number of likely N-dealkylation sites (tertiary alicyclic amines) is 1. The molecule has 0 aromatic heterocycles. The Balaban J connectivity index is 1.54. The maximum Gasteiger partial charge on any atom is 0.317 e. The molecule has 2 atom stereocenters. The second-order valence-electron chi connectivity index (χ2n) is 7.59. The van der Waals surface area contributed by atoms with Gasteiger partial charge >= 0.3 is 12.0 Å². The minimum atomic E-state index is -0.785. The molecule has 3 fully saturated rings. The first-order valence-corrected chi connectivity index (χ1v) is 8.23. The maximum atomic E-state index is 12.4. The molecule has 2 N–H and O–H groups in total. The number of fused-ring (bicyclic) bond motifs is 2. The van der Waals surface area contributed by atoms with Crippen molar-refractivity contribution in [2.24, 2.45) is 23.2 Å². The van der Waals surface area contributed by atoms with Gasteiger partial charge in [-0.15, -0.1) is 0 Å². The molecule has 1 aliphatic heterocycles. The van der Waals surface area contributed by atoms with E-state index >= 15 is 0 Å². The first kappa shape index (κ1) is 14.7. The summed E-state index contributed by atoms with van der Waals surface area (Å²) in [6, 6.07) is -0.0717. The summed E-state index contributed by atoms with van der Waals surface area (Å²) in [4.78, 5) is 25.2. The molecule has 5 nitrogen and oxygen atoms in total. The molecule has 2 amide bonds. The van der Waals surface area contributed by atoms with E-state index in [2.05, 4.69) is 5.32 Å². The van der Waals surface area contributed by atoms with Crippen molar-refractivity contribution in [2.45, 2.75) is 45.4 Å².